The molecular weight excluding hydrogens is 278 g/mol. The fourth-order valence-corrected chi connectivity index (χ4v) is 1.83. The molecule has 0 saturated heterocycles. The number of aliphatic hydroxyl groups is 1. The van der Waals surface area contributed by atoms with Gasteiger partial charge in [-0.05, 0) is 38.0 Å². The van der Waals surface area contributed by atoms with Crippen LogP contribution in [0.15, 0.2) is 18.2 Å². The quantitative estimate of drug-likeness (QED) is 0.849. The summed E-state index contributed by atoms with van der Waals surface area (Å²) in [5.41, 5.74) is 0.570. The molecule has 0 bridgehead atoms. The molecular formula is C15H22ClNO3. The molecule has 0 radical (unpaired) electrons. The first-order valence-electron chi connectivity index (χ1n) is 6.73. The number of aliphatic hydroxyl groups excluding tert-OH is 1. The highest BCUT2D eigenvalue weighted by molar-refractivity contribution is 6.30. The van der Waals surface area contributed by atoms with Crippen LogP contribution in [0.3, 0.4) is 0 Å². The normalized spacial score (nSPS) is 13.9. The highest BCUT2D eigenvalue weighted by Crippen LogP contribution is 2.29. The molecule has 1 aromatic rings. The van der Waals surface area contributed by atoms with E-state index in [2.05, 4.69) is 5.32 Å². The van der Waals surface area contributed by atoms with Crippen molar-refractivity contribution in [3.05, 3.63) is 28.8 Å². The summed E-state index contributed by atoms with van der Waals surface area (Å²) in [7, 11) is 0. The second-order valence-electron chi connectivity index (χ2n) is 5.26. The van der Waals surface area contributed by atoms with Gasteiger partial charge in [0.1, 0.15) is 5.75 Å². The molecule has 0 heterocycles. The van der Waals surface area contributed by atoms with E-state index in [-0.39, 0.29) is 5.91 Å². The van der Waals surface area contributed by atoms with Crippen molar-refractivity contribution in [1.29, 1.82) is 0 Å². The molecule has 1 amide bonds. The fourth-order valence-electron chi connectivity index (χ4n) is 1.65. The van der Waals surface area contributed by atoms with Crippen molar-refractivity contribution in [2.24, 2.45) is 5.92 Å². The largest absolute Gasteiger partial charge is 0.481 e. The Kier molecular flexibility index (Phi) is 6.30. The molecule has 20 heavy (non-hydrogen) atoms. The van der Waals surface area contributed by atoms with E-state index in [1.165, 1.54) is 0 Å². The van der Waals surface area contributed by atoms with Crippen LogP contribution in [0.25, 0.3) is 0 Å². The zero-order chi connectivity index (χ0) is 15.3. The monoisotopic (exact) mass is 299 g/mol. The third-order valence-corrected chi connectivity index (χ3v) is 3.01. The van der Waals surface area contributed by atoms with Crippen LogP contribution in [0, 0.1) is 5.92 Å². The van der Waals surface area contributed by atoms with Crippen molar-refractivity contribution in [3.8, 4) is 5.75 Å². The molecule has 5 heteroatoms. The summed E-state index contributed by atoms with van der Waals surface area (Å²) in [6, 6.07) is 4.97. The second kappa shape index (κ2) is 7.50. The van der Waals surface area contributed by atoms with Gasteiger partial charge < -0.3 is 15.2 Å². The van der Waals surface area contributed by atoms with Crippen molar-refractivity contribution < 1.29 is 14.6 Å². The van der Waals surface area contributed by atoms with Gasteiger partial charge >= 0.3 is 0 Å². The SMILES string of the molecule is CC(C)CNC(=O)C(C)Oc1ccc(Cl)cc1[C@@H](C)O. The molecule has 112 valence electrons. The minimum absolute atomic E-state index is 0.176. The van der Waals surface area contributed by atoms with Gasteiger partial charge in [-0.2, -0.15) is 0 Å². The van der Waals surface area contributed by atoms with Crippen LogP contribution in [0.5, 0.6) is 5.75 Å². The lowest BCUT2D eigenvalue weighted by Crippen LogP contribution is -2.38. The van der Waals surface area contributed by atoms with Gasteiger partial charge in [-0.25, -0.2) is 0 Å². The summed E-state index contributed by atoms with van der Waals surface area (Å²) in [5, 5.41) is 13.0. The lowest BCUT2D eigenvalue weighted by molar-refractivity contribution is -0.127. The zero-order valence-electron chi connectivity index (χ0n) is 12.3. The van der Waals surface area contributed by atoms with Gasteiger partial charge in [0.15, 0.2) is 6.10 Å². The molecule has 0 fully saturated rings. The Bertz CT molecular complexity index is 460. The van der Waals surface area contributed by atoms with E-state index in [0.717, 1.165) is 0 Å². The summed E-state index contributed by atoms with van der Waals surface area (Å²) in [4.78, 5) is 11.9. The van der Waals surface area contributed by atoms with Gasteiger partial charge in [-0.15, -0.1) is 0 Å². The predicted octanol–water partition coefficient (Wildman–Crippen LogP) is 2.93. The number of carbonyl (C=O) groups excluding carboxylic acids is 1. The topological polar surface area (TPSA) is 58.6 Å². The van der Waals surface area contributed by atoms with Crippen LogP contribution in [0.2, 0.25) is 5.02 Å². The van der Waals surface area contributed by atoms with E-state index in [1.807, 2.05) is 13.8 Å². The first kappa shape index (κ1) is 16.8. The Balaban J connectivity index is 2.75. The average molecular weight is 300 g/mol. The average Bonchev–Trinajstić information content (AvgIpc) is 2.37. The smallest absolute Gasteiger partial charge is 0.260 e. The number of carbonyl (C=O) groups is 1. The van der Waals surface area contributed by atoms with Crippen molar-refractivity contribution in [3.63, 3.8) is 0 Å². The molecule has 4 nitrogen and oxygen atoms in total. The number of amides is 1. The van der Waals surface area contributed by atoms with Gasteiger partial charge in [-0.1, -0.05) is 25.4 Å². The second-order valence-corrected chi connectivity index (χ2v) is 5.69. The number of hydrogen-bond acceptors (Lipinski definition) is 3. The summed E-state index contributed by atoms with van der Waals surface area (Å²) >= 11 is 5.90. The molecule has 0 aliphatic heterocycles. The molecule has 0 aromatic heterocycles. The van der Waals surface area contributed by atoms with Crippen LogP contribution in [0.1, 0.15) is 39.4 Å². The first-order chi connectivity index (χ1) is 9.31. The maximum absolute atomic E-state index is 11.9. The van der Waals surface area contributed by atoms with Gasteiger partial charge in [0.05, 0.1) is 6.10 Å². The Labute approximate surface area is 125 Å². The summed E-state index contributed by atoms with van der Waals surface area (Å²) in [6.45, 7) is 7.96. The first-order valence-corrected chi connectivity index (χ1v) is 7.11. The van der Waals surface area contributed by atoms with E-state index in [9.17, 15) is 9.90 Å². The number of nitrogens with one attached hydrogen (secondary N) is 1. The molecule has 2 N–H and O–H groups in total. The fraction of sp³-hybridized carbons (Fsp3) is 0.533. The summed E-state index contributed by atoms with van der Waals surface area (Å²) in [6.07, 6.45) is -1.35. The number of benzene rings is 1. The third-order valence-electron chi connectivity index (χ3n) is 2.78. The summed E-state index contributed by atoms with van der Waals surface area (Å²) < 4.78 is 5.63. The van der Waals surface area contributed by atoms with Gasteiger partial charge in [0, 0.05) is 17.1 Å². The Morgan fingerprint density at radius 3 is 2.55 bits per heavy atom. The minimum Gasteiger partial charge on any atom is -0.481 e. The molecule has 0 aliphatic carbocycles. The van der Waals surface area contributed by atoms with E-state index in [4.69, 9.17) is 16.3 Å². The highest BCUT2D eigenvalue weighted by Gasteiger charge is 2.18. The van der Waals surface area contributed by atoms with E-state index < -0.39 is 12.2 Å². The molecule has 1 unspecified atom stereocenters. The molecule has 1 aromatic carbocycles. The molecule has 0 spiro atoms. The molecule has 0 aliphatic rings. The minimum atomic E-state index is -0.713. The maximum atomic E-state index is 11.9. The van der Waals surface area contributed by atoms with Crippen molar-refractivity contribution in [2.75, 3.05) is 6.54 Å². The van der Waals surface area contributed by atoms with Gasteiger partial charge in [0.2, 0.25) is 0 Å². The number of rotatable bonds is 6. The predicted molar refractivity (Wildman–Crippen MR) is 80.0 cm³/mol. The maximum Gasteiger partial charge on any atom is 0.260 e. The lowest BCUT2D eigenvalue weighted by atomic mass is 10.1. The van der Waals surface area contributed by atoms with Crippen molar-refractivity contribution in [1.82, 2.24) is 5.32 Å². The number of hydrogen-bond donors (Lipinski definition) is 2. The highest BCUT2D eigenvalue weighted by atomic mass is 35.5. The van der Waals surface area contributed by atoms with Gasteiger partial charge in [0.25, 0.3) is 5.91 Å². The van der Waals surface area contributed by atoms with Crippen LogP contribution >= 0.6 is 11.6 Å². The van der Waals surface area contributed by atoms with Crippen molar-refractivity contribution in [2.45, 2.75) is 39.9 Å². The Morgan fingerprint density at radius 1 is 1.35 bits per heavy atom. The van der Waals surface area contributed by atoms with E-state index in [1.54, 1.807) is 32.0 Å². The third kappa shape index (κ3) is 5.02. The molecule has 0 saturated carbocycles. The summed E-state index contributed by atoms with van der Waals surface area (Å²) in [5.74, 6) is 0.677. The molecule has 2 atom stereocenters. The lowest BCUT2D eigenvalue weighted by Gasteiger charge is -2.19. The zero-order valence-corrected chi connectivity index (χ0v) is 13.1. The molecule has 1 rings (SSSR count). The van der Waals surface area contributed by atoms with E-state index in [0.29, 0.717) is 28.8 Å². The Hall–Kier alpha value is -1.26. The number of ether oxygens (including phenoxy) is 1. The van der Waals surface area contributed by atoms with Crippen molar-refractivity contribution >= 4 is 17.5 Å². The van der Waals surface area contributed by atoms with Crippen LogP contribution in [0.4, 0.5) is 0 Å². The number of halogens is 1. The van der Waals surface area contributed by atoms with Crippen LogP contribution in [-0.2, 0) is 4.79 Å². The standard InChI is InChI=1S/C15H22ClNO3/c1-9(2)8-17-15(19)11(4)20-14-6-5-12(16)7-13(14)10(3)18/h5-7,9-11,18H,8H2,1-4H3,(H,17,19)/t10-,11?/m1/s1. The van der Waals surface area contributed by atoms with Gasteiger partial charge in [-0.3, -0.25) is 4.79 Å². The van der Waals surface area contributed by atoms with E-state index >= 15 is 0 Å². The van der Waals surface area contributed by atoms with Crippen LogP contribution < -0.4 is 10.1 Å². The Morgan fingerprint density at radius 2 is 2.00 bits per heavy atom. The van der Waals surface area contributed by atoms with Crippen LogP contribution in [-0.4, -0.2) is 23.7 Å².